The van der Waals surface area contributed by atoms with E-state index in [2.05, 4.69) is 0 Å². The molecule has 0 aromatic heterocycles. The van der Waals surface area contributed by atoms with Crippen LogP contribution in [0.4, 0.5) is 0 Å². The molecule has 0 fully saturated rings. The van der Waals surface area contributed by atoms with Gasteiger partial charge in [-0.25, -0.2) is 0 Å². The third kappa shape index (κ3) is 67.7. The van der Waals surface area contributed by atoms with E-state index in [-0.39, 0.29) is 39.7 Å². The molecule has 0 spiro atoms. The first-order valence-electron chi connectivity index (χ1n) is 1.41. The summed E-state index contributed by atoms with van der Waals surface area (Å²) >= 11 is 0. The van der Waals surface area contributed by atoms with Crippen LogP contribution in [-0.4, -0.2) is 27.2 Å². The fraction of sp³-hybridized carbons (Fsp3) is 0. The Balaban J connectivity index is -0.0000000450. The summed E-state index contributed by atoms with van der Waals surface area (Å²) in [6, 6.07) is 0. The van der Waals surface area contributed by atoms with Crippen LogP contribution in [-0.2, 0) is 33.0 Å². The molecule has 0 unspecified atom stereocenters. The Kier molecular flexibility index (Phi) is 24.8. The quantitative estimate of drug-likeness (QED) is 0.391. The minimum atomic E-state index is -0.167. The average molecular weight is 171 g/mol. The number of rotatable bonds is 0. The second kappa shape index (κ2) is 9.47. The van der Waals surface area contributed by atoms with E-state index < -0.39 is 0 Å². The standard InChI is InChI=1S/B3H5O.2Ni/c1-3(2)4;;/h4H,1-2H2;;. The first kappa shape index (κ1) is 15.7. The predicted molar refractivity (Wildman–Crippen MR) is 25.1 cm³/mol. The van der Waals surface area contributed by atoms with Gasteiger partial charge in [0.05, 0.1) is 15.5 Å². The second-order valence-electron chi connectivity index (χ2n) is 1.09. The summed E-state index contributed by atoms with van der Waals surface area (Å²) < 4.78 is 0. The van der Waals surface area contributed by atoms with Gasteiger partial charge in [-0.1, -0.05) is 0 Å². The summed E-state index contributed by atoms with van der Waals surface area (Å²) in [5, 5.41) is 8.06. The van der Waals surface area contributed by atoms with E-state index >= 15 is 0 Å². The molecule has 0 atom stereocenters. The fourth-order valence-electron chi connectivity index (χ4n) is 0. The van der Waals surface area contributed by atoms with Gasteiger partial charge in [-0.3, -0.25) is 0 Å². The maximum Gasteiger partial charge on any atom is 0.201 e. The van der Waals surface area contributed by atoms with Crippen molar-refractivity contribution in [1.29, 1.82) is 0 Å². The maximum atomic E-state index is 8.06. The minimum Gasteiger partial charge on any atom is -0.469 e. The summed E-state index contributed by atoms with van der Waals surface area (Å²) in [4.78, 5) is 0. The van der Waals surface area contributed by atoms with Gasteiger partial charge in [-0.2, -0.15) is 0 Å². The van der Waals surface area contributed by atoms with Crippen LogP contribution in [0.3, 0.4) is 0 Å². The van der Waals surface area contributed by atoms with Crippen molar-refractivity contribution in [3.8, 4) is 0 Å². The van der Waals surface area contributed by atoms with Crippen molar-refractivity contribution in [3.05, 3.63) is 0 Å². The molecule has 6 heteroatoms. The van der Waals surface area contributed by atoms with Crippen LogP contribution in [0, 0.1) is 0 Å². The molecule has 0 aliphatic heterocycles. The zero-order valence-electron chi connectivity index (χ0n) is 3.66. The summed E-state index contributed by atoms with van der Waals surface area (Å²) in [7, 11) is 3.44. The molecule has 6 heavy (non-hydrogen) atoms. The molecular formula is H5B3Ni2O. The van der Waals surface area contributed by atoms with Crippen molar-refractivity contribution in [2.45, 2.75) is 0 Å². The Morgan fingerprint density at radius 2 is 1.17 bits per heavy atom. The predicted octanol–water partition coefficient (Wildman–Crippen LogP) is -2.78. The third-order valence-electron chi connectivity index (χ3n) is 0. The molecule has 0 radical (unpaired) electrons. The van der Waals surface area contributed by atoms with Gasteiger partial charge in [0.15, 0.2) is 0 Å². The smallest absolute Gasteiger partial charge is 0.201 e. The van der Waals surface area contributed by atoms with Crippen molar-refractivity contribution in [1.82, 2.24) is 0 Å². The Bertz CT molecular complexity index is 13.5. The molecule has 0 heterocycles. The van der Waals surface area contributed by atoms with Gasteiger partial charge in [0, 0.05) is 33.0 Å². The Labute approximate surface area is 60.4 Å². The van der Waals surface area contributed by atoms with Crippen molar-refractivity contribution in [2.24, 2.45) is 0 Å². The fourth-order valence-corrected chi connectivity index (χ4v) is 0. The van der Waals surface area contributed by atoms with Crippen LogP contribution in [0.5, 0.6) is 0 Å². The molecule has 0 saturated heterocycles. The van der Waals surface area contributed by atoms with Gasteiger partial charge in [-0.15, -0.1) is 0 Å². The molecule has 40 valence electrons. The summed E-state index contributed by atoms with van der Waals surface area (Å²) in [6.07, 6.45) is 0. The Hall–Kier alpha value is 1.14. The van der Waals surface area contributed by atoms with Gasteiger partial charge < -0.3 is 5.02 Å². The van der Waals surface area contributed by atoms with E-state index in [9.17, 15) is 0 Å². The van der Waals surface area contributed by atoms with E-state index in [4.69, 9.17) is 5.02 Å². The van der Waals surface area contributed by atoms with Crippen LogP contribution in [0.25, 0.3) is 0 Å². The third-order valence-corrected chi connectivity index (χ3v) is 0. The summed E-state index contributed by atoms with van der Waals surface area (Å²) in [5.41, 5.74) is 0. The van der Waals surface area contributed by atoms with Crippen LogP contribution in [0.1, 0.15) is 0 Å². The Morgan fingerprint density at radius 3 is 1.17 bits per heavy atom. The number of hydrogen-bond acceptors (Lipinski definition) is 1. The van der Waals surface area contributed by atoms with Gasteiger partial charge >= 0.3 is 0 Å². The molecule has 0 aromatic rings. The van der Waals surface area contributed by atoms with Gasteiger partial charge in [-0.05, 0) is 0 Å². The van der Waals surface area contributed by atoms with Crippen LogP contribution >= 0.6 is 0 Å². The summed E-state index contributed by atoms with van der Waals surface area (Å²) in [5.74, 6) is 0. The molecule has 0 bridgehead atoms. The molecule has 0 saturated carbocycles. The first-order chi connectivity index (χ1) is 1.73. The molecule has 0 aliphatic carbocycles. The molecule has 0 rings (SSSR count). The zero-order chi connectivity index (χ0) is 3.58. The van der Waals surface area contributed by atoms with Crippen molar-refractivity contribution >= 4 is 22.2 Å². The van der Waals surface area contributed by atoms with Crippen LogP contribution in [0.15, 0.2) is 0 Å². The van der Waals surface area contributed by atoms with E-state index in [0.717, 1.165) is 0 Å². The molecule has 0 aliphatic rings. The van der Waals surface area contributed by atoms with E-state index in [0.29, 0.717) is 0 Å². The van der Waals surface area contributed by atoms with E-state index in [1.807, 2.05) is 0 Å². The van der Waals surface area contributed by atoms with Crippen molar-refractivity contribution in [2.75, 3.05) is 0 Å². The largest absolute Gasteiger partial charge is 0.469 e. The molecule has 0 amide bonds. The summed E-state index contributed by atoms with van der Waals surface area (Å²) in [6.45, 7) is -0.167. The average Bonchev–Trinajstić information content (AvgIpc) is 0.811. The van der Waals surface area contributed by atoms with Gasteiger partial charge in [0.2, 0.25) is 6.70 Å². The van der Waals surface area contributed by atoms with Crippen LogP contribution < -0.4 is 0 Å². The van der Waals surface area contributed by atoms with Crippen molar-refractivity contribution < 1.29 is 38.0 Å². The monoisotopic (exact) mass is 170 g/mol. The maximum absolute atomic E-state index is 8.06. The van der Waals surface area contributed by atoms with Gasteiger partial charge in [0.25, 0.3) is 0 Å². The Morgan fingerprint density at radius 1 is 1.17 bits per heavy atom. The van der Waals surface area contributed by atoms with Crippen molar-refractivity contribution in [3.63, 3.8) is 0 Å². The first-order valence-corrected chi connectivity index (χ1v) is 1.41. The van der Waals surface area contributed by atoms with Gasteiger partial charge in [0.1, 0.15) is 0 Å². The molecule has 1 nitrogen and oxygen atoms in total. The molecule has 1 N–H and O–H groups in total. The normalized spacial score (nSPS) is 4.17. The molecule has 0 aromatic carbocycles. The zero-order valence-corrected chi connectivity index (χ0v) is 5.63. The SMILES string of the molecule is BB(B)O.[Ni].[Ni]. The second-order valence-corrected chi connectivity index (χ2v) is 1.09. The minimum absolute atomic E-state index is 0. The van der Waals surface area contributed by atoms with E-state index in [1.165, 1.54) is 0 Å². The van der Waals surface area contributed by atoms with E-state index in [1.54, 1.807) is 15.5 Å². The van der Waals surface area contributed by atoms with Crippen LogP contribution in [0.2, 0.25) is 0 Å². The topological polar surface area (TPSA) is 20.2 Å². The molecular weight excluding hydrogens is 166 g/mol. The number of hydrogen-bond donors (Lipinski definition) is 1.